The molecule has 1 aromatic rings. The van der Waals surface area contributed by atoms with E-state index in [1.807, 2.05) is 13.3 Å². The number of hydrogen-bond acceptors (Lipinski definition) is 4. The molecule has 0 bridgehead atoms. The molecule has 1 rings (SSSR count). The van der Waals surface area contributed by atoms with Gasteiger partial charge in [0.05, 0.1) is 5.56 Å². The number of pyridine rings is 1. The van der Waals surface area contributed by atoms with Gasteiger partial charge in [-0.2, -0.15) is 11.8 Å². The number of carbonyl (C=O) groups is 1. The van der Waals surface area contributed by atoms with Gasteiger partial charge in [-0.3, -0.25) is 9.78 Å². The molecule has 0 fully saturated rings. The van der Waals surface area contributed by atoms with Crippen LogP contribution in [0, 0.1) is 0 Å². The highest BCUT2D eigenvalue weighted by atomic mass is 32.2. The van der Waals surface area contributed by atoms with Crippen molar-refractivity contribution in [2.45, 2.75) is 0 Å². The van der Waals surface area contributed by atoms with Crippen LogP contribution < -0.4 is 5.32 Å². The van der Waals surface area contributed by atoms with Crippen molar-refractivity contribution >= 4 is 23.4 Å². The maximum absolute atomic E-state index is 12.1. The van der Waals surface area contributed by atoms with Crippen LogP contribution >= 0.6 is 11.8 Å². The lowest BCUT2D eigenvalue weighted by Gasteiger charge is -2.18. The number of amides is 1. The number of hydrogen-bond donors (Lipinski definition) is 1. The number of thioether (sulfide) groups is 1. The van der Waals surface area contributed by atoms with Gasteiger partial charge in [-0.1, -0.05) is 0 Å². The minimum absolute atomic E-state index is 0.00602. The van der Waals surface area contributed by atoms with E-state index < -0.39 is 0 Å². The molecule has 0 aliphatic rings. The quantitative estimate of drug-likeness (QED) is 0.847. The summed E-state index contributed by atoms with van der Waals surface area (Å²) in [6.45, 7) is 0.748. The first-order chi connectivity index (χ1) is 7.70. The van der Waals surface area contributed by atoms with Crippen molar-refractivity contribution in [3.05, 3.63) is 24.0 Å². The van der Waals surface area contributed by atoms with Crippen molar-refractivity contribution in [2.75, 3.05) is 38.0 Å². The molecule has 16 heavy (non-hydrogen) atoms. The van der Waals surface area contributed by atoms with Gasteiger partial charge in [-0.25, -0.2) is 0 Å². The maximum atomic E-state index is 12.1. The van der Waals surface area contributed by atoms with Crippen molar-refractivity contribution in [3.8, 4) is 0 Å². The van der Waals surface area contributed by atoms with Gasteiger partial charge < -0.3 is 10.2 Å². The standard InChI is InChI=1S/C11H17N3OS/c1-12-10-4-5-13-8-9(10)11(15)14(2)6-7-16-3/h4-5,8H,6-7H2,1-3H3,(H,12,13). The fourth-order valence-electron chi connectivity index (χ4n) is 1.32. The zero-order chi connectivity index (χ0) is 12.0. The van der Waals surface area contributed by atoms with Crippen LogP contribution in [-0.2, 0) is 0 Å². The van der Waals surface area contributed by atoms with Gasteiger partial charge in [0.1, 0.15) is 0 Å². The third-order valence-electron chi connectivity index (χ3n) is 2.30. The minimum atomic E-state index is 0.00602. The Kier molecular flexibility index (Phi) is 5.11. The second-order valence-electron chi connectivity index (χ2n) is 3.39. The van der Waals surface area contributed by atoms with Gasteiger partial charge in [-0.05, 0) is 12.3 Å². The summed E-state index contributed by atoms with van der Waals surface area (Å²) in [5, 5.41) is 2.99. The van der Waals surface area contributed by atoms with Crippen LogP contribution in [0.15, 0.2) is 18.5 Å². The molecule has 0 aromatic carbocycles. The number of nitrogens with one attached hydrogen (secondary N) is 1. The lowest BCUT2D eigenvalue weighted by molar-refractivity contribution is 0.0804. The number of anilines is 1. The molecule has 0 saturated heterocycles. The topological polar surface area (TPSA) is 45.2 Å². The summed E-state index contributed by atoms with van der Waals surface area (Å²) in [5.41, 5.74) is 1.43. The monoisotopic (exact) mass is 239 g/mol. The highest BCUT2D eigenvalue weighted by Gasteiger charge is 2.14. The van der Waals surface area contributed by atoms with Gasteiger partial charge in [0, 0.05) is 44.5 Å². The van der Waals surface area contributed by atoms with Crippen molar-refractivity contribution in [1.29, 1.82) is 0 Å². The normalized spacial score (nSPS) is 9.94. The Morgan fingerprint density at radius 1 is 1.62 bits per heavy atom. The summed E-state index contributed by atoms with van der Waals surface area (Å²) < 4.78 is 0. The van der Waals surface area contributed by atoms with E-state index in [4.69, 9.17) is 0 Å². The molecule has 0 spiro atoms. The van der Waals surface area contributed by atoms with E-state index in [1.165, 1.54) is 0 Å². The van der Waals surface area contributed by atoms with Crippen LogP contribution in [0.1, 0.15) is 10.4 Å². The van der Waals surface area contributed by atoms with Gasteiger partial charge in [0.25, 0.3) is 5.91 Å². The highest BCUT2D eigenvalue weighted by molar-refractivity contribution is 7.98. The predicted octanol–water partition coefficient (Wildman–Crippen LogP) is 1.56. The van der Waals surface area contributed by atoms with Crippen LogP contribution in [-0.4, -0.2) is 48.4 Å². The van der Waals surface area contributed by atoms with Crippen molar-refractivity contribution in [3.63, 3.8) is 0 Å². The van der Waals surface area contributed by atoms with Crippen LogP contribution in [0.25, 0.3) is 0 Å². The number of aromatic nitrogens is 1. The molecule has 0 atom stereocenters. The second kappa shape index (κ2) is 6.37. The second-order valence-corrected chi connectivity index (χ2v) is 4.38. The van der Waals surface area contributed by atoms with Crippen LogP contribution in [0.3, 0.4) is 0 Å². The fourth-order valence-corrected chi connectivity index (χ4v) is 1.77. The van der Waals surface area contributed by atoms with E-state index >= 15 is 0 Å². The molecule has 88 valence electrons. The summed E-state index contributed by atoms with van der Waals surface area (Å²) in [5.74, 6) is 0.948. The molecular weight excluding hydrogens is 222 g/mol. The predicted molar refractivity (Wildman–Crippen MR) is 69.1 cm³/mol. The van der Waals surface area contributed by atoms with E-state index in [1.54, 1.807) is 42.2 Å². The Hall–Kier alpha value is -1.23. The van der Waals surface area contributed by atoms with Gasteiger partial charge in [-0.15, -0.1) is 0 Å². The Morgan fingerprint density at radius 2 is 2.38 bits per heavy atom. The van der Waals surface area contributed by atoms with E-state index in [9.17, 15) is 4.79 Å². The minimum Gasteiger partial charge on any atom is -0.387 e. The molecule has 1 N–H and O–H groups in total. The molecule has 0 radical (unpaired) electrons. The number of carbonyl (C=O) groups excluding carboxylic acids is 1. The molecule has 0 aliphatic carbocycles. The third kappa shape index (κ3) is 3.13. The summed E-state index contributed by atoms with van der Waals surface area (Å²) in [6.07, 6.45) is 5.30. The number of rotatable bonds is 5. The molecule has 1 aromatic heterocycles. The lowest BCUT2D eigenvalue weighted by atomic mass is 10.2. The molecule has 0 saturated carbocycles. The first kappa shape index (κ1) is 12.8. The molecule has 1 amide bonds. The van der Waals surface area contributed by atoms with E-state index in [0.717, 1.165) is 18.0 Å². The number of nitrogens with zero attached hydrogens (tertiary/aromatic N) is 2. The Balaban J connectivity index is 2.79. The van der Waals surface area contributed by atoms with Gasteiger partial charge in [0.2, 0.25) is 0 Å². The lowest BCUT2D eigenvalue weighted by Crippen LogP contribution is -2.29. The van der Waals surface area contributed by atoms with Gasteiger partial charge in [0.15, 0.2) is 0 Å². The van der Waals surface area contributed by atoms with Crippen molar-refractivity contribution < 1.29 is 4.79 Å². The van der Waals surface area contributed by atoms with Crippen LogP contribution in [0.2, 0.25) is 0 Å². The van der Waals surface area contributed by atoms with E-state index in [0.29, 0.717) is 5.56 Å². The van der Waals surface area contributed by atoms with Crippen molar-refractivity contribution in [1.82, 2.24) is 9.88 Å². The van der Waals surface area contributed by atoms with Crippen molar-refractivity contribution in [2.24, 2.45) is 0 Å². The van der Waals surface area contributed by atoms with E-state index in [-0.39, 0.29) is 5.91 Å². The Morgan fingerprint density at radius 3 is 3.00 bits per heavy atom. The molecular formula is C11H17N3OS. The molecule has 4 nitrogen and oxygen atoms in total. The average molecular weight is 239 g/mol. The maximum Gasteiger partial charge on any atom is 0.257 e. The smallest absolute Gasteiger partial charge is 0.257 e. The summed E-state index contributed by atoms with van der Waals surface area (Å²) in [6, 6.07) is 1.80. The summed E-state index contributed by atoms with van der Waals surface area (Å²) >= 11 is 1.73. The zero-order valence-corrected chi connectivity index (χ0v) is 10.7. The first-order valence-corrected chi connectivity index (χ1v) is 6.46. The summed E-state index contributed by atoms with van der Waals surface area (Å²) in [4.78, 5) is 17.8. The zero-order valence-electron chi connectivity index (χ0n) is 9.86. The Bertz CT molecular complexity index is 357. The molecule has 1 heterocycles. The first-order valence-electron chi connectivity index (χ1n) is 5.07. The SMILES string of the molecule is CNc1ccncc1C(=O)N(C)CCSC. The highest BCUT2D eigenvalue weighted by Crippen LogP contribution is 2.14. The molecule has 0 aliphatic heterocycles. The largest absolute Gasteiger partial charge is 0.387 e. The fraction of sp³-hybridized carbons (Fsp3) is 0.455. The van der Waals surface area contributed by atoms with E-state index in [2.05, 4.69) is 10.3 Å². The Labute approximate surface area is 100 Å². The summed E-state index contributed by atoms with van der Waals surface area (Å²) in [7, 11) is 3.61. The third-order valence-corrected chi connectivity index (χ3v) is 2.89. The van der Waals surface area contributed by atoms with Crippen LogP contribution in [0.5, 0.6) is 0 Å². The average Bonchev–Trinajstić information content (AvgIpc) is 2.34. The molecule has 0 unspecified atom stereocenters. The van der Waals surface area contributed by atoms with Crippen LogP contribution in [0.4, 0.5) is 5.69 Å². The molecule has 5 heteroatoms. The van der Waals surface area contributed by atoms with Gasteiger partial charge >= 0.3 is 0 Å².